The second-order valence-electron chi connectivity index (χ2n) is 9.25. The zero-order chi connectivity index (χ0) is 24.6. The minimum absolute atomic E-state index is 0. The normalized spacial score (nSPS) is 17.9. The van der Waals surface area contributed by atoms with Gasteiger partial charge in [0, 0.05) is 30.6 Å². The third-order valence-corrected chi connectivity index (χ3v) is 7.89. The molecule has 1 aliphatic rings. The quantitative estimate of drug-likeness (QED) is 0.356. The third kappa shape index (κ3) is 6.85. The number of hydrogen-bond acceptors (Lipinski definition) is 7. The van der Waals surface area contributed by atoms with Gasteiger partial charge in [0.1, 0.15) is 10.4 Å². The van der Waals surface area contributed by atoms with Gasteiger partial charge in [-0.3, -0.25) is 4.98 Å². The highest BCUT2D eigenvalue weighted by Crippen LogP contribution is 2.38. The summed E-state index contributed by atoms with van der Waals surface area (Å²) in [6.07, 6.45) is 6.64. The summed E-state index contributed by atoms with van der Waals surface area (Å²) in [5, 5.41) is 13.6. The number of nitrogens with one attached hydrogen (secondary N) is 1. The molecular formula is C24H30Cl4N4O3S. The number of hydrogen-bond donors (Lipinski definition) is 2. The molecule has 7 nitrogen and oxygen atoms in total. The first-order valence-corrected chi connectivity index (χ1v) is 13.8. The molecule has 0 amide bonds. The Kier molecular flexibility index (Phi) is 10.5. The van der Waals surface area contributed by atoms with Gasteiger partial charge in [-0.1, -0.05) is 23.2 Å². The minimum Gasteiger partial charge on any atom is -0.505 e. The van der Waals surface area contributed by atoms with Crippen molar-refractivity contribution in [1.29, 1.82) is 0 Å². The number of nitrogens with zero attached hydrogens (tertiary/aromatic N) is 3. The molecule has 1 fully saturated rings. The van der Waals surface area contributed by atoms with Gasteiger partial charge in [0.25, 0.3) is 0 Å². The Bertz CT molecular complexity index is 1310. The van der Waals surface area contributed by atoms with Crippen LogP contribution in [0.15, 0.2) is 35.4 Å². The van der Waals surface area contributed by atoms with Gasteiger partial charge >= 0.3 is 0 Å². The Labute approximate surface area is 234 Å². The number of anilines is 1. The summed E-state index contributed by atoms with van der Waals surface area (Å²) in [5.74, 6) is 0.450. The SMILES string of the molecule is CN(C)C[C@H]1CC[C@H](Nc2c(S(C)(=O)=O)cnc3ccc(-c4cc(Cl)c(O)c(Cl)c4)nc23)CC1.Cl.Cl. The number of aromatic hydroxyl groups is 1. The summed E-state index contributed by atoms with van der Waals surface area (Å²) in [7, 11) is 0.628. The number of fused-ring (bicyclic) bond motifs is 1. The van der Waals surface area contributed by atoms with Crippen LogP contribution in [0.1, 0.15) is 25.7 Å². The summed E-state index contributed by atoms with van der Waals surface area (Å²) in [4.78, 5) is 11.4. The van der Waals surface area contributed by atoms with Crippen LogP contribution in [-0.2, 0) is 9.84 Å². The number of phenolic OH excluding ortho intramolecular Hbond substituents is 1. The molecule has 0 spiro atoms. The van der Waals surface area contributed by atoms with Crippen LogP contribution >= 0.6 is 48.0 Å². The lowest BCUT2D eigenvalue weighted by Crippen LogP contribution is -2.31. The topological polar surface area (TPSA) is 95.4 Å². The van der Waals surface area contributed by atoms with Gasteiger partial charge in [-0.2, -0.15) is 0 Å². The Balaban J connectivity index is 0.00000228. The second kappa shape index (κ2) is 12.3. The van der Waals surface area contributed by atoms with Crippen molar-refractivity contribution in [1.82, 2.24) is 14.9 Å². The zero-order valence-corrected chi connectivity index (χ0v) is 24.1. The molecule has 0 unspecified atom stereocenters. The molecule has 2 N–H and O–H groups in total. The van der Waals surface area contributed by atoms with Crippen LogP contribution in [0.2, 0.25) is 10.0 Å². The molecule has 0 aliphatic heterocycles. The van der Waals surface area contributed by atoms with Crippen LogP contribution in [0.3, 0.4) is 0 Å². The predicted octanol–water partition coefficient (Wildman–Crippen LogP) is 6.09. The number of aromatic nitrogens is 2. The molecule has 36 heavy (non-hydrogen) atoms. The summed E-state index contributed by atoms with van der Waals surface area (Å²) in [5.41, 5.74) is 2.67. The highest BCUT2D eigenvalue weighted by molar-refractivity contribution is 7.90. The fourth-order valence-electron chi connectivity index (χ4n) is 4.55. The number of halogens is 4. The van der Waals surface area contributed by atoms with E-state index in [1.54, 1.807) is 24.3 Å². The van der Waals surface area contributed by atoms with Crippen LogP contribution in [0.5, 0.6) is 5.75 Å². The third-order valence-electron chi connectivity index (χ3n) is 6.21. The molecule has 2 aromatic heterocycles. The molecule has 198 valence electrons. The smallest absolute Gasteiger partial charge is 0.179 e. The maximum atomic E-state index is 12.6. The molecule has 1 aliphatic carbocycles. The van der Waals surface area contributed by atoms with Crippen molar-refractivity contribution in [2.75, 3.05) is 32.2 Å². The van der Waals surface area contributed by atoms with Crippen molar-refractivity contribution >= 4 is 74.6 Å². The summed E-state index contributed by atoms with van der Waals surface area (Å²) < 4.78 is 25.2. The van der Waals surface area contributed by atoms with E-state index in [1.807, 2.05) is 0 Å². The molecule has 12 heteroatoms. The predicted molar refractivity (Wildman–Crippen MR) is 152 cm³/mol. The summed E-state index contributed by atoms with van der Waals surface area (Å²) in [6, 6.07) is 6.85. The molecule has 0 bridgehead atoms. The first-order chi connectivity index (χ1) is 16.0. The monoisotopic (exact) mass is 594 g/mol. The summed E-state index contributed by atoms with van der Waals surface area (Å²) in [6.45, 7) is 1.06. The molecule has 0 atom stereocenters. The van der Waals surface area contributed by atoms with Crippen LogP contribution in [-0.4, -0.2) is 61.3 Å². The van der Waals surface area contributed by atoms with Crippen molar-refractivity contribution in [2.24, 2.45) is 5.92 Å². The number of benzene rings is 1. The maximum Gasteiger partial charge on any atom is 0.179 e. The molecule has 2 heterocycles. The van der Waals surface area contributed by atoms with E-state index in [0.717, 1.165) is 32.2 Å². The van der Waals surface area contributed by atoms with Crippen LogP contribution in [0.25, 0.3) is 22.3 Å². The lowest BCUT2D eigenvalue weighted by atomic mass is 9.85. The van der Waals surface area contributed by atoms with Gasteiger partial charge in [0.2, 0.25) is 0 Å². The number of pyridine rings is 2. The van der Waals surface area contributed by atoms with Crippen LogP contribution in [0.4, 0.5) is 5.69 Å². The average molecular weight is 596 g/mol. The van der Waals surface area contributed by atoms with E-state index in [2.05, 4.69) is 29.3 Å². The fourth-order valence-corrected chi connectivity index (χ4v) is 5.81. The van der Waals surface area contributed by atoms with E-state index in [1.165, 1.54) is 12.5 Å². The van der Waals surface area contributed by atoms with E-state index in [-0.39, 0.29) is 51.5 Å². The van der Waals surface area contributed by atoms with Crippen LogP contribution in [0, 0.1) is 5.92 Å². The van der Waals surface area contributed by atoms with Crippen molar-refractivity contribution in [3.8, 4) is 17.0 Å². The Hall–Kier alpha value is -1.55. The van der Waals surface area contributed by atoms with E-state index >= 15 is 0 Å². The van der Waals surface area contributed by atoms with Crippen LogP contribution < -0.4 is 5.32 Å². The van der Waals surface area contributed by atoms with Gasteiger partial charge in [-0.05, 0) is 70.0 Å². The Morgan fingerprint density at radius 2 is 1.69 bits per heavy atom. The van der Waals surface area contributed by atoms with Gasteiger partial charge in [0.15, 0.2) is 15.6 Å². The van der Waals surface area contributed by atoms with E-state index < -0.39 is 9.84 Å². The fraction of sp³-hybridized carbons (Fsp3) is 0.417. The number of rotatable bonds is 6. The Morgan fingerprint density at radius 3 is 2.25 bits per heavy atom. The second-order valence-corrected chi connectivity index (χ2v) is 12.0. The number of sulfone groups is 1. The highest BCUT2D eigenvalue weighted by atomic mass is 35.5. The minimum atomic E-state index is -3.55. The van der Waals surface area contributed by atoms with Gasteiger partial charge in [-0.15, -0.1) is 24.8 Å². The van der Waals surface area contributed by atoms with Crippen molar-refractivity contribution in [2.45, 2.75) is 36.6 Å². The number of phenols is 1. The molecule has 0 radical (unpaired) electrons. The van der Waals surface area contributed by atoms with Crippen molar-refractivity contribution in [3.05, 3.63) is 40.5 Å². The van der Waals surface area contributed by atoms with Gasteiger partial charge in [0.05, 0.1) is 26.9 Å². The molecule has 3 aromatic rings. The average Bonchev–Trinajstić information content (AvgIpc) is 2.77. The van der Waals surface area contributed by atoms with Gasteiger partial charge < -0.3 is 15.3 Å². The van der Waals surface area contributed by atoms with Crippen molar-refractivity contribution in [3.63, 3.8) is 0 Å². The molecule has 1 saturated carbocycles. The molecule has 0 saturated heterocycles. The van der Waals surface area contributed by atoms with E-state index in [0.29, 0.717) is 33.9 Å². The first kappa shape index (κ1) is 30.7. The molecule has 4 rings (SSSR count). The van der Waals surface area contributed by atoms with E-state index in [9.17, 15) is 13.5 Å². The van der Waals surface area contributed by atoms with Crippen molar-refractivity contribution < 1.29 is 13.5 Å². The standard InChI is InChI=1S/C24H28Cl2N4O3S.2ClH/c1-30(2)13-14-4-6-16(7-5-14)28-23-21(34(3,32)33)12-27-20-9-8-19(29-22(20)23)15-10-17(25)24(31)18(26)11-15;;/h8-12,14,16,31H,4-7,13H2,1-3H3,(H,27,28);2*1H/t14-,16-;;. The first-order valence-electron chi connectivity index (χ1n) is 11.1. The zero-order valence-electron chi connectivity index (χ0n) is 20.2. The van der Waals surface area contributed by atoms with E-state index in [4.69, 9.17) is 28.2 Å². The lowest BCUT2D eigenvalue weighted by Gasteiger charge is -2.31. The summed E-state index contributed by atoms with van der Waals surface area (Å²) >= 11 is 12.2. The highest BCUT2D eigenvalue weighted by Gasteiger charge is 2.25. The molecular weight excluding hydrogens is 566 g/mol. The van der Waals surface area contributed by atoms with Gasteiger partial charge in [-0.25, -0.2) is 13.4 Å². The molecule has 1 aromatic carbocycles. The largest absolute Gasteiger partial charge is 0.505 e. The maximum absolute atomic E-state index is 12.6. The lowest BCUT2D eigenvalue weighted by molar-refractivity contribution is 0.255. The Morgan fingerprint density at radius 1 is 1.08 bits per heavy atom.